The molecule has 0 unspecified atom stereocenters. The standard InChI is InChI=1S/C27H36N2O4/c1-4-6-15-28(16-7-5-2)17-9-18-29-24(22-10-8-19-33-22)23(26(31)27(29)32)25(30)21-13-11-20(3)12-14-21/h8,10-14,19,24,30H,4-7,9,15-18H2,1-3H3/t24-/m1/s1. The van der Waals surface area contributed by atoms with Gasteiger partial charge in [-0.2, -0.15) is 0 Å². The van der Waals surface area contributed by atoms with Gasteiger partial charge in [0.05, 0.1) is 11.8 Å². The topological polar surface area (TPSA) is 74.0 Å². The SMILES string of the molecule is CCCCN(CCCC)CCCN1C(=O)C(=O)C(=C(O)c2ccc(C)cc2)[C@H]1c1ccco1. The predicted molar refractivity (Wildman–Crippen MR) is 130 cm³/mol. The van der Waals surface area contributed by atoms with Crippen molar-refractivity contribution in [2.24, 2.45) is 0 Å². The van der Waals surface area contributed by atoms with E-state index in [-0.39, 0.29) is 11.3 Å². The molecule has 1 aromatic heterocycles. The molecule has 178 valence electrons. The quantitative estimate of drug-likeness (QED) is 0.269. The molecule has 1 fully saturated rings. The van der Waals surface area contributed by atoms with Crippen LogP contribution in [-0.4, -0.2) is 52.8 Å². The number of Topliss-reactive ketones (excluding diaryl/α,β-unsaturated/α-hetero) is 1. The number of benzene rings is 1. The zero-order valence-electron chi connectivity index (χ0n) is 20.0. The summed E-state index contributed by atoms with van der Waals surface area (Å²) >= 11 is 0. The van der Waals surface area contributed by atoms with Gasteiger partial charge in [-0.05, 0) is 58.0 Å². The monoisotopic (exact) mass is 452 g/mol. The minimum atomic E-state index is -0.721. The highest BCUT2D eigenvalue weighted by atomic mass is 16.3. The third kappa shape index (κ3) is 5.93. The fourth-order valence-corrected chi connectivity index (χ4v) is 4.28. The Bertz CT molecular complexity index is 939. The van der Waals surface area contributed by atoms with Crippen LogP contribution >= 0.6 is 0 Å². The van der Waals surface area contributed by atoms with E-state index < -0.39 is 17.7 Å². The lowest BCUT2D eigenvalue weighted by molar-refractivity contribution is -0.140. The van der Waals surface area contributed by atoms with Crippen LogP contribution in [-0.2, 0) is 9.59 Å². The molecule has 3 rings (SSSR count). The largest absolute Gasteiger partial charge is 0.507 e. The van der Waals surface area contributed by atoms with Crippen LogP contribution in [0.1, 0.15) is 68.9 Å². The van der Waals surface area contributed by atoms with Gasteiger partial charge in [-0.1, -0.05) is 56.5 Å². The molecule has 1 aliphatic heterocycles. The van der Waals surface area contributed by atoms with Gasteiger partial charge in [0, 0.05) is 12.1 Å². The number of aliphatic hydroxyl groups excluding tert-OH is 1. The lowest BCUT2D eigenvalue weighted by Crippen LogP contribution is -2.34. The lowest BCUT2D eigenvalue weighted by Gasteiger charge is -2.26. The normalized spacial score (nSPS) is 17.9. The molecular formula is C27H36N2O4. The highest BCUT2D eigenvalue weighted by molar-refractivity contribution is 6.46. The number of ketones is 1. The van der Waals surface area contributed by atoms with E-state index in [9.17, 15) is 14.7 Å². The minimum Gasteiger partial charge on any atom is -0.507 e. The summed E-state index contributed by atoms with van der Waals surface area (Å²) in [7, 11) is 0. The van der Waals surface area contributed by atoms with Crippen LogP contribution in [0, 0.1) is 6.92 Å². The summed E-state index contributed by atoms with van der Waals surface area (Å²) in [5.74, 6) is -0.927. The van der Waals surface area contributed by atoms with E-state index in [0.29, 0.717) is 17.9 Å². The molecule has 1 N–H and O–H groups in total. The van der Waals surface area contributed by atoms with Crippen LogP contribution in [0.25, 0.3) is 5.76 Å². The van der Waals surface area contributed by atoms with Crippen molar-refractivity contribution >= 4 is 17.4 Å². The Morgan fingerprint density at radius 3 is 2.21 bits per heavy atom. The number of rotatable bonds is 12. The Kier molecular flexibility index (Phi) is 8.89. The van der Waals surface area contributed by atoms with E-state index >= 15 is 0 Å². The van der Waals surface area contributed by atoms with Crippen molar-refractivity contribution in [2.75, 3.05) is 26.2 Å². The molecule has 6 nitrogen and oxygen atoms in total. The Morgan fingerprint density at radius 2 is 1.64 bits per heavy atom. The second-order valence-electron chi connectivity index (χ2n) is 8.78. The maximum atomic E-state index is 13.0. The third-order valence-corrected chi connectivity index (χ3v) is 6.21. The summed E-state index contributed by atoms with van der Waals surface area (Å²) in [6, 6.07) is 10.0. The van der Waals surface area contributed by atoms with Crippen LogP contribution in [0.5, 0.6) is 0 Å². The number of hydrogen-bond donors (Lipinski definition) is 1. The summed E-state index contributed by atoms with van der Waals surface area (Å²) < 4.78 is 5.61. The number of hydrogen-bond acceptors (Lipinski definition) is 5. The highest BCUT2D eigenvalue weighted by Gasteiger charge is 2.47. The van der Waals surface area contributed by atoms with Crippen molar-refractivity contribution in [3.8, 4) is 0 Å². The van der Waals surface area contributed by atoms with E-state index in [2.05, 4.69) is 18.7 Å². The average molecular weight is 453 g/mol. The molecule has 1 aliphatic rings. The van der Waals surface area contributed by atoms with E-state index in [1.54, 1.807) is 29.2 Å². The van der Waals surface area contributed by atoms with Crippen LogP contribution in [0.2, 0.25) is 0 Å². The molecule has 0 bridgehead atoms. The molecule has 1 saturated heterocycles. The molecular weight excluding hydrogens is 416 g/mol. The number of aliphatic hydroxyl groups is 1. The van der Waals surface area contributed by atoms with Gasteiger partial charge in [-0.3, -0.25) is 9.59 Å². The third-order valence-electron chi connectivity index (χ3n) is 6.21. The van der Waals surface area contributed by atoms with Crippen LogP contribution in [0.3, 0.4) is 0 Å². The van der Waals surface area contributed by atoms with Crippen LogP contribution in [0.15, 0.2) is 52.7 Å². The summed E-state index contributed by atoms with van der Waals surface area (Å²) in [4.78, 5) is 30.0. The molecule has 2 heterocycles. The maximum Gasteiger partial charge on any atom is 0.295 e. The number of nitrogens with zero attached hydrogens (tertiary/aromatic N) is 2. The zero-order valence-corrected chi connectivity index (χ0v) is 20.0. The number of aryl methyl sites for hydroxylation is 1. The predicted octanol–water partition coefficient (Wildman–Crippen LogP) is 5.30. The van der Waals surface area contributed by atoms with E-state index in [0.717, 1.165) is 57.3 Å². The fraction of sp³-hybridized carbons (Fsp3) is 0.481. The van der Waals surface area contributed by atoms with Crippen molar-refractivity contribution in [3.63, 3.8) is 0 Å². The van der Waals surface area contributed by atoms with Gasteiger partial charge in [-0.25, -0.2) is 0 Å². The molecule has 33 heavy (non-hydrogen) atoms. The molecule has 0 saturated carbocycles. The van der Waals surface area contributed by atoms with Gasteiger partial charge in [0.15, 0.2) is 0 Å². The Morgan fingerprint density at radius 1 is 1.00 bits per heavy atom. The summed E-state index contributed by atoms with van der Waals surface area (Å²) in [5.41, 5.74) is 1.65. The number of likely N-dealkylation sites (tertiary alicyclic amines) is 1. The molecule has 0 radical (unpaired) electrons. The highest BCUT2D eigenvalue weighted by Crippen LogP contribution is 2.39. The van der Waals surface area contributed by atoms with Gasteiger partial charge < -0.3 is 19.3 Å². The minimum absolute atomic E-state index is 0.0904. The van der Waals surface area contributed by atoms with E-state index in [1.165, 1.54) is 6.26 Å². The number of unbranched alkanes of at least 4 members (excludes halogenated alkanes) is 2. The van der Waals surface area contributed by atoms with Gasteiger partial charge in [-0.15, -0.1) is 0 Å². The van der Waals surface area contributed by atoms with E-state index in [1.807, 2.05) is 19.1 Å². The Balaban J connectivity index is 1.83. The van der Waals surface area contributed by atoms with Crippen molar-refractivity contribution < 1.29 is 19.1 Å². The first-order valence-corrected chi connectivity index (χ1v) is 12.1. The summed E-state index contributed by atoms with van der Waals surface area (Å²) in [6.45, 7) is 9.72. The Hall–Kier alpha value is -2.86. The van der Waals surface area contributed by atoms with Crippen molar-refractivity contribution in [2.45, 2.75) is 58.9 Å². The first kappa shape index (κ1) is 24.8. The van der Waals surface area contributed by atoms with Crippen molar-refractivity contribution in [3.05, 3.63) is 65.1 Å². The second kappa shape index (κ2) is 11.8. The Labute approximate surface area is 196 Å². The van der Waals surface area contributed by atoms with Gasteiger partial charge in [0.1, 0.15) is 17.6 Å². The van der Waals surface area contributed by atoms with Crippen LogP contribution < -0.4 is 0 Å². The maximum absolute atomic E-state index is 13.0. The number of carbonyl (C=O) groups is 2. The smallest absolute Gasteiger partial charge is 0.295 e. The van der Waals surface area contributed by atoms with Crippen LogP contribution in [0.4, 0.5) is 0 Å². The molecule has 2 aromatic rings. The number of amides is 1. The number of furan rings is 1. The molecule has 1 amide bonds. The lowest BCUT2D eigenvalue weighted by atomic mass is 9.99. The first-order valence-electron chi connectivity index (χ1n) is 12.1. The number of carbonyl (C=O) groups excluding carboxylic acids is 2. The summed E-state index contributed by atoms with van der Waals surface area (Å²) in [5, 5.41) is 11.0. The first-order chi connectivity index (χ1) is 16.0. The molecule has 6 heteroatoms. The summed E-state index contributed by atoms with van der Waals surface area (Å²) in [6.07, 6.45) is 6.87. The molecule has 1 atom stereocenters. The van der Waals surface area contributed by atoms with Crippen molar-refractivity contribution in [1.29, 1.82) is 0 Å². The van der Waals surface area contributed by atoms with Gasteiger partial charge >= 0.3 is 0 Å². The fourth-order valence-electron chi connectivity index (χ4n) is 4.28. The van der Waals surface area contributed by atoms with Crippen molar-refractivity contribution in [1.82, 2.24) is 9.80 Å². The van der Waals surface area contributed by atoms with Gasteiger partial charge in [0.25, 0.3) is 11.7 Å². The second-order valence-corrected chi connectivity index (χ2v) is 8.78. The van der Waals surface area contributed by atoms with E-state index in [4.69, 9.17) is 4.42 Å². The zero-order chi connectivity index (χ0) is 23.8. The molecule has 0 aliphatic carbocycles. The molecule has 0 spiro atoms. The van der Waals surface area contributed by atoms with Gasteiger partial charge in [0.2, 0.25) is 0 Å². The molecule has 1 aromatic carbocycles. The average Bonchev–Trinajstić information content (AvgIpc) is 3.43.